The van der Waals surface area contributed by atoms with Crippen molar-refractivity contribution in [3.05, 3.63) is 118 Å². The Kier molecular flexibility index (Phi) is 7.45. The Labute approximate surface area is 257 Å². The standard InChI is InChI=1S/C41H44O2/c1-2-3-4-5-6-7-14-33(36-21-12-19-34-29-15-8-10-17-31(29)38(40(34)36)23-27-25-42-27)37-22-13-20-35-30-16-9-11-18-32(30)39(41(35)37)24-28-26-43-28/h8-13,15-22,27-28,33,38-39H,2-7,14,23-26H2,1H3. The van der Waals surface area contributed by atoms with Crippen LogP contribution >= 0.6 is 0 Å². The molecule has 0 bridgehead atoms. The lowest BCUT2D eigenvalue weighted by Crippen LogP contribution is -2.13. The van der Waals surface area contributed by atoms with Gasteiger partial charge in [-0.15, -0.1) is 0 Å². The second-order valence-corrected chi connectivity index (χ2v) is 13.4. The molecule has 4 aromatic carbocycles. The van der Waals surface area contributed by atoms with Crippen LogP contribution in [0, 0.1) is 0 Å². The van der Waals surface area contributed by atoms with E-state index in [0.717, 1.165) is 26.1 Å². The number of ether oxygens (including phenoxy) is 2. The Hall–Kier alpha value is -3.20. The first-order valence-electron chi connectivity index (χ1n) is 17.0. The molecule has 2 aliphatic carbocycles. The first kappa shape index (κ1) is 27.4. The fraction of sp³-hybridized carbons (Fsp3) is 0.415. The third-order valence-electron chi connectivity index (χ3n) is 10.6. The van der Waals surface area contributed by atoms with Gasteiger partial charge in [0.15, 0.2) is 0 Å². The van der Waals surface area contributed by atoms with E-state index in [1.165, 1.54) is 78.3 Å². The molecule has 0 amide bonds. The lowest BCUT2D eigenvalue weighted by molar-refractivity contribution is 0.388. The van der Waals surface area contributed by atoms with Gasteiger partial charge in [-0.3, -0.25) is 0 Å². The zero-order valence-corrected chi connectivity index (χ0v) is 25.6. The normalized spacial score (nSPS) is 22.9. The number of rotatable bonds is 13. The van der Waals surface area contributed by atoms with Crippen LogP contribution in [-0.2, 0) is 9.47 Å². The smallest absolute Gasteiger partial charge is 0.0819 e. The molecule has 2 heterocycles. The van der Waals surface area contributed by atoms with Crippen LogP contribution in [0.2, 0.25) is 0 Å². The summed E-state index contributed by atoms with van der Waals surface area (Å²) >= 11 is 0. The van der Waals surface area contributed by atoms with Gasteiger partial charge in [0.2, 0.25) is 0 Å². The monoisotopic (exact) mass is 568 g/mol. The molecule has 2 aliphatic heterocycles. The summed E-state index contributed by atoms with van der Waals surface area (Å²) in [7, 11) is 0. The first-order valence-corrected chi connectivity index (χ1v) is 17.0. The highest BCUT2D eigenvalue weighted by molar-refractivity contribution is 5.83. The van der Waals surface area contributed by atoms with E-state index in [1.54, 1.807) is 22.3 Å². The first-order chi connectivity index (χ1) is 21.3. The largest absolute Gasteiger partial charge is 0.373 e. The van der Waals surface area contributed by atoms with Gasteiger partial charge in [-0.25, -0.2) is 0 Å². The van der Waals surface area contributed by atoms with E-state index in [-0.39, 0.29) is 0 Å². The second kappa shape index (κ2) is 11.7. The van der Waals surface area contributed by atoms with Crippen LogP contribution in [0.1, 0.15) is 116 Å². The second-order valence-electron chi connectivity index (χ2n) is 13.4. The number of epoxide rings is 2. The zero-order valence-electron chi connectivity index (χ0n) is 25.6. The third kappa shape index (κ3) is 5.17. The molecule has 2 fully saturated rings. The molecular formula is C41H44O2. The molecule has 0 N–H and O–H groups in total. The van der Waals surface area contributed by atoms with Crippen LogP contribution in [-0.4, -0.2) is 25.4 Å². The molecule has 4 atom stereocenters. The number of hydrogen-bond donors (Lipinski definition) is 0. The molecule has 2 nitrogen and oxygen atoms in total. The summed E-state index contributed by atoms with van der Waals surface area (Å²) in [6, 6.07) is 32.7. The summed E-state index contributed by atoms with van der Waals surface area (Å²) in [6.07, 6.45) is 12.1. The summed E-state index contributed by atoms with van der Waals surface area (Å²) in [6.45, 7) is 4.13. The van der Waals surface area contributed by atoms with Crippen molar-refractivity contribution in [2.24, 2.45) is 0 Å². The van der Waals surface area contributed by atoms with Crippen molar-refractivity contribution in [3.8, 4) is 22.3 Å². The minimum atomic E-state index is 0.380. The number of fused-ring (bicyclic) bond motifs is 6. The van der Waals surface area contributed by atoms with Gasteiger partial charge in [0, 0.05) is 17.8 Å². The van der Waals surface area contributed by atoms with E-state index in [1.807, 2.05) is 0 Å². The van der Waals surface area contributed by atoms with Gasteiger partial charge >= 0.3 is 0 Å². The number of unbranched alkanes of at least 4 members (excludes halogenated alkanes) is 5. The molecule has 4 aliphatic rings. The maximum Gasteiger partial charge on any atom is 0.0819 e. The molecule has 2 heteroatoms. The molecule has 0 spiro atoms. The molecule has 0 saturated carbocycles. The molecule has 220 valence electrons. The van der Waals surface area contributed by atoms with E-state index in [0.29, 0.717) is 30.0 Å². The van der Waals surface area contributed by atoms with E-state index < -0.39 is 0 Å². The van der Waals surface area contributed by atoms with Crippen LogP contribution in [0.5, 0.6) is 0 Å². The number of benzene rings is 4. The quantitative estimate of drug-likeness (QED) is 0.118. The summed E-state index contributed by atoms with van der Waals surface area (Å²) in [5.41, 5.74) is 15.0. The van der Waals surface area contributed by atoms with Gasteiger partial charge in [-0.1, -0.05) is 130 Å². The van der Waals surface area contributed by atoms with Crippen molar-refractivity contribution in [2.75, 3.05) is 13.2 Å². The lowest BCUT2D eigenvalue weighted by Gasteiger charge is -2.28. The van der Waals surface area contributed by atoms with Crippen LogP contribution in [0.25, 0.3) is 22.3 Å². The maximum atomic E-state index is 5.84. The molecule has 2 saturated heterocycles. The van der Waals surface area contributed by atoms with Crippen molar-refractivity contribution < 1.29 is 9.47 Å². The maximum absolute atomic E-state index is 5.84. The van der Waals surface area contributed by atoms with Gasteiger partial charge in [0.05, 0.1) is 25.4 Å². The van der Waals surface area contributed by atoms with Crippen molar-refractivity contribution in [2.45, 2.75) is 94.7 Å². The van der Waals surface area contributed by atoms with Crippen molar-refractivity contribution in [1.82, 2.24) is 0 Å². The van der Waals surface area contributed by atoms with Crippen LogP contribution in [0.4, 0.5) is 0 Å². The van der Waals surface area contributed by atoms with E-state index in [2.05, 4.69) is 91.9 Å². The molecule has 0 aromatic heterocycles. The Morgan fingerprint density at radius 2 is 1.02 bits per heavy atom. The molecular weight excluding hydrogens is 524 g/mol. The Morgan fingerprint density at radius 3 is 1.53 bits per heavy atom. The summed E-state index contributed by atoms with van der Waals surface area (Å²) in [4.78, 5) is 0. The van der Waals surface area contributed by atoms with E-state index in [9.17, 15) is 0 Å². The highest BCUT2D eigenvalue weighted by Gasteiger charge is 2.40. The minimum absolute atomic E-state index is 0.380. The fourth-order valence-corrected chi connectivity index (χ4v) is 8.46. The summed E-state index contributed by atoms with van der Waals surface area (Å²) < 4.78 is 11.7. The van der Waals surface area contributed by atoms with Crippen LogP contribution in [0.15, 0.2) is 84.9 Å². The van der Waals surface area contributed by atoms with Crippen molar-refractivity contribution in [1.29, 1.82) is 0 Å². The fourth-order valence-electron chi connectivity index (χ4n) is 8.46. The molecule has 4 aromatic rings. The summed E-state index contributed by atoms with van der Waals surface area (Å²) in [5.74, 6) is 1.20. The number of hydrogen-bond acceptors (Lipinski definition) is 2. The Balaban J connectivity index is 1.24. The molecule has 8 rings (SSSR count). The van der Waals surface area contributed by atoms with Gasteiger partial charge in [0.1, 0.15) is 0 Å². The Bertz CT molecular complexity index is 1500. The molecule has 4 unspecified atom stereocenters. The Morgan fingerprint density at radius 1 is 0.558 bits per heavy atom. The van der Waals surface area contributed by atoms with Crippen LogP contribution in [0.3, 0.4) is 0 Å². The molecule has 0 radical (unpaired) electrons. The van der Waals surface area contributed by atoms with Gasteiger partial charge < -0.3 is 9.47 Å². The average Bonchev–Trinajstić information content (AvgIpc) is 3.98. The third-order valence-corrected chi connectivity index (χ3v) is 10.6. The predicted octanol–water partition coefficient (Wildman–Crippen LogP) is 10.4. The van der Waals surface area contributed by atoms with E-state index in [4.69, 9.17) is 9.47 Å². The SMILES string of the molecule is CCCCCCCCC(c1cccc2c1C(CC1CO1)c1ccccc1-2)c1cccc2c1C(CC1CO1)c1ccccc1-2. The summed E-state index contributed by atoms with van der Waals surface area (Å²) in [5, 5.41) is 0. The zero-order chi connectivity index (χ0) is 28.8. The highest BCUT2D eigenvalue weighted by atomic mass is 16.6. The van der Waals surface area contributed by atoms with Gasteiger partial charge in [0.25, 0.3) is 0 Å². The van der Waals surface area contributed by atoms with Gasteiger partial charge in [-0.05, 0) is 74.9 Å². The molecule has 43 heavy (non-hydrogen) atoms. The lowest BCUT2D eigenvalue weighted by atomic mass is 9.76. The van der Waals surface area contributed by atoms with Crippen LogP contribution < -0.4 is 0 Å². The van der Waals surface area contributed by atoms with Crippen molar-refractivity contribution >= 4 is 0 Å². The topological polar surface area (TPSA) is 25.1 Å². The average molecular weight is 569 g/mol. The van der Waals surface area contributed by atoms with Crippen molar-refractivity contribution in [3.63, 3.8) is 0 Å². The van der Waals surface area contributed by atoms with Gasteiger partial charge in [-0.2, -0.15) is 0 Å². The minimum Gasteiger partial charge on any atom is -0.373 e. The predicted molar refractivity (Wildman–Crippen MR) is 176 cm³/mol. The van der Waals surface area contributed by atoms with E-state index >= 15 is 0 Å². The highest BCUT2D eigenvalue weighted by Crippen LogP contribution is 2.55.